The number of nitrogens with one attached hydrogen (secondary N) is 1. The molecule has 140 valence electrons. The van der Waals surface area contributed by atoms with Crippen LogP contribution in [0, 0.1) is 5.41 Å². The number of rotatable bonds is 5. The first-order valence-corrected chi connectivity index (χ1v) is 9.88. The zero-order chi connectivity index (χ0) is 18.0. The van der Waals surface area contributed by atoms with Gasteiger partial charge in [-0.25, -0.2) is 9.97 Å². The quantitative estimate of drug-likeness (QED) is 0.835. The first-order chi connectivity index (χ1) is 12.7. The molecular formula is C20H29N5O. The number of nitrogens with zero attached hydrogens (tertiary/aromatic N) is 4. The molecule has 6 nitrogen and oxygen atoms in total. The van der Waals surface area contributed by atoms with Crippen molar-refractivity contribution in [1.82, 2.24) is 19.9 Å². The second-order valence-electron chi connectivity index (χ2n) is 8.08. The van der Waals surface area contributed by atoms with E-state index >= 15 is 0 Å². The maximum atomic E-state index is 10.6. The Balaban J connectivity index is 1.36. The molecule has 0 radical (unpaired) electrons. The van der Waals surface area contributed by atoms with E-state index in [4.69, 9.17) is 0 Å². The van der Waals surface area contributed by atoms with E-state index in [1.54, 1.807) is 6.33 Å². The van der Waals surface area contributed by atoms with Gasteiger partial charge in [0.15, 0.2) is 0 Å². The number of fused-ring (bicyclic) bond motifs is 1. The van der Waals surface area contributed by atoms with Crippen LogP contribution in [0.2, 0.25) is 0 Å². The summed E-state index contributed by atoms with van der Waals surface area (Å²) in [6.07, 6.45) is 13.0. The van der Waals surface area contributed by atoms with Gasteiger partial charge in [0.2, 0.25) is 0 Å². The molecule has 0 bridgehead atoms. The Morgan fingerprint density at radius 2 is 2.04 bits per heavy atom. The highest BCUT2D eigenvalue weighted by Crippen LogP contribution is 2.46. The molecule has 3 heterocycles. The van der Waals surface area contributed by atoms with Crippen LogP contribution in [-0.2, 0) is 4.79 Å². The molecule has 0 aromatic carbocycles. The largest absolute Gasteiger partial charge is 0.356 e. The summed E-state index contributed by atoms with van der Waals surface area (Å²) in [5.74, 6) is 1.04. The average molecular weight is 355 g/mol. The number of H-pyrrole nitrogens is 1. The van der Waals surface area contributed by atoms with Crippen LogP contribution in [-0.4, -0.2) is 58.9 Å². The lowest BCUT2D eigenvalue weighted by atomic mass is 9.66. The highest BCUT2D eigenvalue weighted by molar-refractivity contribution is 5.87. The predicted octanol–water partition coefficient (Wildman–Crippen LogP) is 3.01. The van der Waals surface area contributed by atoms with Crippen LogP contribution in [0.3, 0.4) is 0 Å². The summed E-state index contributed by atoms with van der Waals surface area (Å²) >= 11 is 0. The number of aldehydes is 1. The van der Waals surface area contributed by atoms with E-state index in [9.17, 15) is 4.79 Å². The van der Waals surface area contributed by atoms with Gasteiger partial charge in [0.05, 0.1) is 5.39 Å². The normalized spacial score (nSPS) is 21.3. The Bertz CT molecular complexity index is 739. The topological polar surface area (TPSA) is 65.1 Å². The van der Waals surface area contributed by atoms with E-state index in [2.05, 4.69) is 37.9 Å². The fourth-order valence-corrected chi connectivity index (χ4v) is 4.90. The third-order valence-corrected chi connectivity index (χ3v) is 6.71. The van der Waals surface area contributed by atoms with E-state index in [0.29, 0.717) is 17.9 Å². The molecule has 2 fully saturated rings. The maximum Gasteiger partial charge on any atom is 0.142 e. The van der Waals surface area contributed by atoms with Gasteiger partial charge in [-0.05, 0) is 63.1 Å². The second-order valence-corrected chi connectivity index (χ2v) is 8.08. The highest BCUT2D eigenvalue weighted by atomic mass is 16.1. The molecule has 1 aliphatic carbocycles. The summed E-state index contributed by atoms with van der Waals surface area (Å²) in [7, 11) is 2.18. The number of likely N-dealkylation sites (tertiary alicyclic amines) is 1. The van der Waals surface area contributed by atoms with Crippen molar-refractivity contribution < 1.29 is 4.79 Å². The minimum atomic E-state index is 0.532. The molecule has 4 rings (SSSR count). The van der Waals surface area contributed by atoms with Gasteiger partial charge in [0.25, 0.3) is 0 Å². The van der Waals surface area contributed by atoms with Crippen LogP contribution in [0.4, 0.5) is 5.82 Å². The van der Waals surface area contributed by atoms with Gasteiger partial charge in [-0.1, -0.05) is 0 Å². The fraction of sp³-hybridized carbons (Fsp3) is 0.650. The number of hydrogen-bond donors (Lipinski definition) is 1. The Morgan fingerprint density at radius 1 is 1.27 bits per heavy atom. The Morgan fingerprint density at radius 3 is 2.77 bits per heavy atom. The molecule has 2 aromatic rings. The van der Waals surface area contributed by atoms with Gasteiger partial charge in [0.1, 0.15) is 24.1 Å². The van der Waals surface area contributed by atoms with Gasteiger partial charge >= 0.3 is 0 Å². The number of carbonyl (C=O) groups excluding carboxylic acids is 1. The van der Waals surface area contributed by atoms with E-state index in [1.165, 1.54) is 38.5 Å². The molecule has 2 aliphatic rings. The van der Waals surface area contributed by atoms with Gasteiger partial charge < -0.3 is 19.6 Å². The second kappa shape index (κ2) is 7.35. The van der Waals surface area contributed by atoms with Crippen LogP contribution < -0.4 is 4.90 Å². The highest BCUT2D eigenvalue weighted by Gasteiger charge is 2.39. The Kier molecular flexibility index (Phi) is 4.94. The minimum Gasteiger partial charge on any atom is -0.356 e. The number of aromatic amines is 1. The minimum absolute atomic E-state index is 0.532. The zero-order valence-corrected chi connectivity index (χ0v) is 15.7. The number of hydrogen-bond acceptors (Lipinski definition) is 5. The summed E-state index contributed by atoms with van der Waals surface area (Å²) in [4.78, 5) is 27.4. The molecule has 1 N–H and O–H groups in total. The van der Waals surface area contributed by atoms with E-state index in [-0.39, 0.29) is 0 Å². The van der Waals surface area contributed by atoms with Crippen molar-refractivity contribution in [2.24, 2.45) is 5.41 Å². The first-order valence-electron chi connectivity index (χ1n) is 9.88. The van der Waals surface area contributed by atoms with Gasteiger partial charge in [-0.2, -0.15) is 0 Å². The van der Waals surface area contributed by atoms with Crippen molar-refractivity contribution in [3.8, 4) is 0 Å². The third kappa shape index (κ3) is 3.34. The van der Waals surface area contributed by atoms with E-state index < -0.39 is 0 Å². The maximum absolute atomic E-state index is 10.6. The van der Waals surface area contributed by atoms with Crippen molar-refractivity contribution >= 4 is 23.1 Å². The lowest BCUT2D eigenvalue weighted by molar-refractivity contribution is -0.108. The average Bonchev–Trinajstić information content (AvgIpc) is 3.17. The predicted molar refractivity (Wildman–Crippen MR) is 103 cm³/mol. The molecule has 1 saturated carbocycles. The Labute approximate surface area is 155 Å². The van der Waals surface area contributed by atoms with Crippen LogP contribution in [0.25, 0.3) is 11.0 Å². The lowest BCUT2D eigenvalue weighted by Crippen LogP contribution is -2.45. The van der Waals surface area contributed by atoms with Crippen molar-refractivity contribution in [3.63, 3.8) is 0 Å². The molecule has 6 heteroatoms. The van der Waals surface area contributed by atoms with E-state index in [1.807, 2.05) is 6.20 Å². The van der Waals surface area contributed by atoms with Crippen LogP contribution >= 0.6 is 0 Å². The number of aromatic nitrogens is 3. The number of carbonyl (C=O) groups is 1. The molecule has 0 amide bonds. The molecule has 26 heavy (non-hydrogen) atoms. The SMILES string of the molecule is CN(c1ncnc2[nH]ccc12)C1CCC2(CC1)CCN(CCC=O)CC2. The number of anilines is 1. The molecular weight excluding hydrogens is 326 g/mol. The van der Waals surface area contributed by atoms with Crippen molar-refractivity contribution in [2.45, 2.75) is 51.0 Å². The van der Waals surface area contributed by atoms with Gasteiger partial charge in [-0.15, -0.1) is 0 Å². The molecule has 2 aromatic heterocycles. The molecule has 1 aliphatic heterocycles. The molecule has 1 saturated heterocycles. The van der Waals surface area contributed by atoms with Crippen LogP contribution in [0.5, 0.6) is 0 Å². The van der Waals surface area contributed by atoms with Crippen molar-refractivity contribution in [1.29, 1.82) is 0 Å². The molecule has 0 atom stereocenters. The third-order valence-electron chi connectivity index (χ3n) is 6.71. The zero-order valence-electron chi connectivity index (χ0n) is 15.7. The Hall–Kier alpha value is -1.95. The lowest BCUT2D eigenvalue weighted by Gasteiger charge is -2.47. The van der Waals surface area contributed by atoms with Gasteiger partial charge in [0, 0.05) is 32.3 Å². The summed E-state index contributed by atoms with van der Waals surface area (Å²) in [5.41, 5.74) is 1.45. The van der Waals surface area contributed by atoms with Crippen molar-refractivity contribution in [2.75, 3.05) is 31.6 Å². The molecule has 0 unspecified atom stereocenters. The smallest absolute Gasteiger partial charge is 0.142 e. The standard InChI is InChI=1S/C20H29N5O/c1-24(19-17-5-10-21-18(17)22-15-23-19)16-3-6-20(7-4-16)8-12-25(13-9-20)11-2-14-26/h5,10,14-16H,2-4,6-9,11-13H2,1H3,(H,21,22,23). The first kappa shape index (κ1) is 17.5. The fourth-order valence-electron chi connectivity index (χ4n) is 4.90. The summed E-state index contributed by atoms with van der Waals surface area (Å²) in [5, 5.41) is 1.11. The van der Waals surface area contributed by atoms with Crippen molar-refractivity contribution in [3.05, 3.63) is 18.6 Å². The summed E-state index contributed by atoms with van der Waals surface area (Å²) < 4.78 is 0. The monoisotopic (exact) mass is 355 g/mol. The van der Waals surface area contributed by atoms with E-state index in [0.717, 1.165) is 42.8 Å². The summed E-state index contributed by atoms with van der Waals surface area (Å²) in [6, 6.07) is 2.63. The number of piperidine rings is 1. The van der Waals surface area contributed by atoms with Crippen LogP contribution in [0.15, 0.2) is 18.6 Å². The van der Waals surface area contributed by atoms with Gasteiger partial charge in [-0.3, -0.25) is 0 Å². The van der Waals surface area contributed by atoms with Crippen LogP contribution in [0.1, 0.15) is 44.9 Å². The molecule has 1 spiro atoms. The summed E-state index contributed by atoms with van der Waals surface area (Å²) in [6.45, 7) is 3.25.